The lowest BCUT2D eigenvalue weighted by molar-refractivity contribution is 0.0734. The Morgan fingerprint density at radius 1 is 0.600 bits per heavy atom. The molecule has 0 aliphatic carbocycles. The number of benzene rings is 3. The molecule has 0 saturated heterocycles. The van der Waals surface area contributed by atoms with Gasteiger partial charge in [0.1, 0.15) is 11.5 Å². The highest BCUT2D eigenvalue weighted by atomic mass is 16.5. The number of ether oxygens (including phenoxy) is 2. The molecule has 0 unspecified atom stereocenters. The fourth-order valence-electron chi connectivity index (χ4n) is 4.08. The standard InChI is InChI=1S/C32H40O3/c1-3-5-7-8-9-10-12-26-13-15-27(16-14-26)28-17-19-29(20-18-28)32(33)35-31-23-21-30(22-24-31)34-25-11-6-4-2/h13-24H,3-12,25H2,1-2H3. The number of hydrogen-bond donors (Lipinski definition) is 0. The second kappa shape index (κ2) is 15.0. The van der Waals surface area contributed by atoms with Gasteiger partial charge in [-0.2, -0.15) is 0 Å². The lowest BCUT2D eigenvalue weighted by atomic mass is 10.00. The Labute approximate surface area is 211 Å². The highest BCUT2D eigenvalue weighted by Gasteiger charge is 2.09. The molecule has 0 radical (unpaired) electrons. The van der Waals surface area contributed by atoms with E-state index >= 15 is 0 Å². The van der Waals surface area contributed by atoms with Crippen LogP contribution < -0.4 is 9.47 Å². The van der Waals surface area contributed by atoms with Crippen LogP contribution in [0.25, 0.3) is 11.1 Å². The van der Waals surface area contributed by atoms with E-state index in [4.69, 9.17) is 9.47 Å². The van der Waals surface area contributed by atoms with Gasteiger partial charge >= 0.3 is 5.97 Å². The van der Waals surface area contributed by atoms with E-state index in [2.05, 4.69) is 38.1 Å². The fraction of sp³-hybridized carbons (Fsp3) is 0.406. The van der Waals surface area contributed by atoms with Crippen molar-refractivity contribution < 1.29 is 14.3 Å². The third-order valence-corrected chi connectivity index (χ3v) is 6.28. The van der Waals surface area contributed by atoms with Gasteiger partial charge < -0.3 is 9.47 Å². The van der Waals surface area contributed by atoms with Gasteiger partial charge in [0.15, 0.2) is 0 Å². The first kappa shape index (κ1) is 26.5. The van der Waals surface area contributed by atoms with Crippen molar-refractivity contribution in [2.75, 3.05) is 6.61 Å². The van der Waals surface area contributed by atoms with Crippen LogP contribution >= 0.6 is 0 Å². The number of rotatable bonds is 15. The minimum absolute atomic E-state index is 0.359. The second-order valence-corrected chi connectivity index (χ2v) is 9.21. The number of carbonyl (C=O) groups excluding carboxylic acids is 1. The predicted octanol–water partition coefficient (Wildman–Crippen LogP) is 9.04. The molecule has 0 bridgehead atoms. The van der Waals surface area contributed by atoms with Crippen LogP contribution in [0, 0.1) is 0 Å². The molecule has 0 amide bonds. The Bertz CT molecular complexity index is 988. The van der Waals surface area contributed by atoms with Crippen molar-refractivity contribution in [3.05, 3.63) is 83.9 Å². The molecule has 0 aliphatic rings. The fourth-order valence-corrected chi connectivity index (χ4v) is 4.08. The summed E-state index contributed by atoms with van der Waals surface area (Å²) in [5, 5.41) is 0. The quantitative estimate of drug-likeness (QED) is 0.126. The Hall–Kier alpha value is -3.07. The normalized spacial score (nSPS) is 10.8. The Morgan fingerprint density at radius 3 is 1.80 bits per heavy atom. The number of aryl methyl sites for hydroxylation is 1. The zero-order valence-corrected chi connectivity index (χ0v) is 21.4. The smallest absolute Gasteiger partial charge is 0.343 e. The Balaban J connectivity index is 1.47. The molecule has 3 nitrogen and oxygen atoms in total. The van der Waals surface area contributed by atoms with Crippen molar-refractivity contribution in [3.63, 3.8) is 0 Å². The molecule has 3 aromatic carbocycles. The molecule has 186 valence electrons. The third kappa shape index (κ3) is 9.24. The largest absolute Gasteiger partial charge is 0.494 e. The van der Waals surface area contributed by atoms with Crippen molar-refractivity contribution in [1.29, 1.82) is 0 Å². The van der Waals surface area contributed by atoms with Gasteiger partial charge in [0.2, 0.25) is 0 Å². The van der Waals surface area contributed by atoms with Crippen LogP contribution in [0.15, 0.2) is 72.8 Å². The molecular weight excluding hydrogens is 432 g/mol. The molecule has 3 aromatic rings. The minimum atomic E-state index is -0.359. The van der Waals surface area contributed by atoms with Crippen LogP contribution in [-0.4, -0.2) is 12.6 Å². The Kier molecular flexibility index (Phi) is 11.4. The Morgan fingerprint density at radius 2 is 1.14 bits per heavy atom. The molecule has 0 spiro atoms. The molecule has 0 aliphatic heterocycles. The van der Waals surface area contributed by atoms with Gasteiger partial charge in [-0.3, -0.25) is 0 Å². The summed E-state index contributed by atoms with van der Waals surface area (Å²) in [5.74, 6) is 0.951. The summed E-state index contributed by atoms with van der Waals surface area (Å²) in [6.07, 6.45) is 12.5. The number of hydrogen-bond acceptors (Lipinski definition) is 3. The van der Waals surface area contributed by atoms with Crippen molar-refractivity contribution in [3.8, 4) is 22.6 Å². The average molecular weight is 473 g/mol. The molecule has 0 N–H and O–H groups in total. The zero-order valence-electron chi connectivity index (χ0n) is 21.4. The van der Waals surface area contributed by atoms with Crippen LogP contribution in [0.4, 0.5) is 0 Å². The maximum atomic E-state index is 12.6. The van der Waals surface area contributed by atoms with Crippen molar-refractivity contribution in [2.24, 2.45) is 0 Å². The van der Waals surface area contributed by atoms with Crippen LogP contribution in [0.3, 0.4) is 0 Å². The van der Waals surface area contributed by atoms with Crippen LogP contribution in [0.1, 0.15) is 87.6 Å². The summed E-state index contributed by atoms with van der Waals surface area (Å²) in [6.45, 7) is 5.14. The predicted molar refractivity (Wildman–Crippen MR) is 145 cm³/mol. The number of carbonyl (C=O) groups is 1. The van der Waals surface area contributed by atoms with Gasteiger partial charge in [0.25, 0.3) is 0 Å². The van der Waals surface area contributed by atoms with E-state index in [9.17, 15) is 4.79 Å². The topological polar surface area (TPSA) is 35.5 Å². The van der Waals surface area contributed by atoms with Gasteiger partial charge in [0.05, 0.1) is 12.2 Å². The van der Waals surface area contributed by atoms with Gasteiger partial charge in [-0.1, -0.05) is 95.2 Å². The first-order chi connectivity index (χ1) is 17.2. The van der Waals surface area contributed by atoms with E-state index in [0.717, 1.165) is 29.7 Å². The molecule has 3 heteroatoms. The van der Waals surface area contributed by atoms with Crippen molar-refractivity contribution in [2.45, 2.75) is 78.1 Å². The summed E-state index contributed by atoms with van der Waals surface area (Å²) in [6, 6.07) is 23.6. The highest BCUT2D eigenvalue weighted by molar-refractivity contribution is 5.91. The van der Waals surface area contributed by atoms with E-state index in [1.54, 1.807) is 12.1 Å². The average Bonchev–Trinajstić information content (AvgIpc) is 2.90. The number of unbranched alkanes of at least 4 members (excludes halogenated alkanes) is 7. The molecule has 0 heterocycles. The molecular formula is C32H40O3. The molecule has 0 saturated carbocycles. The third-order valence-electron chi connectivity index (χ3n) is 6.28. The summed E-state index contributed by atoms with van der Waals surface area (Å²) in [5.41, 5.74) is 4.18. The van der Waals surface area contributed by atoms with Gasteiger partial charge in [-0.25, -0.2) is 4.79 Å². The van der Waals surface area contributed by atoms with Gasteiger partial charge in [0, 0.05) is 0 Å². The lowest BCUT2D eigenvalue weighted by Crippen LogP contribution is -2.08. The van der Waals surface area contributed by atoms with E-state index < -0.39 is 0 Å². The number of esters is 1. The molecule has 3 rings (SSSR count). The molecule has 0 fully saturated rings. The maximum absolute atomic E-state index is 12.6. The first-order valence-corrected chi connectivity index (χ1v) is 13.3. The SMILES string of the molecule is CCCCCCCCc1ccc(-c2ccc(C(=O)Oc3ccc(OCCCCC)cc3)cc2)cc1. The summed E-state index contributed by atoms with van der Waals surface area (Å²) < 4.78 is 11.2. The van der Waals surface area contributed by atoms with E-state index in [1.165, 1.54) is 56.9 Å². The summed E-state index contributed by atoms with van der Waals surface area (Å²) >= 11 is 0. The van der Waals surface area contributed by atoms with Crippen LogP contribution in [-0.2, 0) is 6.42 Å². The molecule has 0 atom stereocenters. The van der Waals surface area contributed by atoms with Crippen molar-refractivity contribution in [1.82, 2.24) is 0 Å². The maximum Gasteiger partial charge on any atom is 0.343 e. The van der Waals surface area contributed by atoms with Gasteiger partial charge in [-0.15, -0.1) is 0 Å². The van der Waals surface area contributed by atoms with Gasteiger partial charge in [-0.05, 0) is 72.4 Å². The van der Waals surface area contributed by atoms with Crippen LogP contribution in [0.5, 0.6) is 11.5 Å². The lowest BCUT2D eigenvalue weighted by Gasteiger charge is -2.08. The highest BCUT2D eigenvalue weighted by Crippen LogP contribution is 2.23. The van der Waals surface area contributed by atoms with E-state index in [0.29, 0.717) is 17.9 Å². The van der Waals surface area contributed by atoms with Crippen LogP contribution in [0.2, 0.25) is 0 Å². The molecule has 0 aromatic heterocycles. The van der Waals surface area contributed by atoms with Crippen molar-refractivity contribution >= 4 is 5.97 Å². The zero-order chi connectivity index (χ0) is 24.7. The van der Waals surface area contributed by atoms with E-state index in [1.807, 2.05) is 36.4 Å². The summed E-state index contributed by atoms with van der Waals surface area (Å²) in [4.78, 5) is 12.6. The summed E-state index contributed by atoms with van der Waals surface area (Å²) in [7, 11) is 0. The second-order valence-electron chi connectivity index (χ2n) is 9.21. The molecule has 35 heavy (non-hydrogen) atoms. The first-order valence-electron chi connectivity index (χ1n) is 13.3. The monoisotopic (exact) mass is 472 g/mol. The van der Waals surface area contributed by atoms with E-state index in [-0.39, 0.29) is 5.97 Å². The minimum Gasteiger partial charge on any atom is -0.494 e.